The Morgan fingerprint density at radius 2 is 2.26 bits per heavy atom. The van der Waals surface area contributed by atoms with Crippen LogP contribution in [0.3, 0.4) is 0 Å². The Bertz CT molecular complexity index is 681. The molecule has 120 valence electrons. The van der Waals surface area contributed by atoms with Crippen molar-refractivity contribution in [1.29, 1.82) is 0 Å². The van der Waals surface area contributed by atoms with E-state index in [4.69, 9.17) is 21.1 Å². The third-order valence-corrected chi connectivity index (χ3v) is 3.69. The van der Waals surface area contributed by atoms with E-state index in [9.17, 15) is 4.79 Å². The molecule has 1 aromatic heterocycles. The van der Waals surface area contributed by atoms with E-state index in [2.05, 4.69) is 20.9 Å². The zero-order chi connectivity index (χ0) is 16.7. The Morgan fingerprint density at radius 3 is 2.91 bits per heavy atom. The van der Waals surface area contributed by atoms with Crippen LogP contribution in [0.15, 0.2) is 47.2 Å². The highest BCUT2D eigenvalue weighted by Gasteiger charge is 2.09. The van der Waals surface area contributed by atoms with E-state index >= 15 is 0 Å². The molecule has 2 aromatic rings. The van der Waals surface area contributed by atoms with Crippen LogP contribution in [-0.2, 0) is 16.1 Å². The van der Waals surface area contributed by atoms with Crippen molar-refractivity contribution in [3.05, 3.63) is 63.4 Å². The minimum absolute atomic E-state index is 0.342. The summed E-state index contributed by atoms with van der Waals surface area (Å²) in [6.07, 6.45) is 6.44. The number of ether oxygens (including phenoxy) is 2. The van der Waals surface area contributed by atoms with Crippen molar-refractivity contribution in [2.24, 2.45) is 0 Å². The predicted octanol–water partition coefficient (Wildman–Crippen LogP) is 4.65. The first kappa shape index (κ1) is 17.5. The summed E-state index contributed by atoms with van der Waals surface area (Å²) >= 11 is 9.69. The van der Waals surface area contributed by atoms with Crippen molar-refractivity contribution in [3.63, 3.8) is 0 Å². The zero-order valence-electron chi connectivity index (χ0n) is 12.5. The summed E-state index contributed by atoms with van der Waals surface area (Å²) in [7, 11) is 0. The summed E-state index contributed by atoms with van der Waals surface area (Å²) in [6, 6.07) is 7.31. The third-order valence-electron chi connectivity index (χ3n) is 2.83. The number of carbonyl (C=O) groups excluding carboxylic acids is 1. The molecule has 6 heteroatoms. The molecule has 0 aliphatic rings. The van der Waals surface area contributed by atoms with E-state index in [-0.39, 0.29) is 0 Å². The lowest BCUT2D eigenvalue weighted by atomic mass is 10.2. The number of benzene rings is 1. The van der Waals surface area contributed by atoms with Crippen molar-refractivity contribution < 1.29 is 14.3 Å². The standard InChI is InChI=1S/C17H15BrClNO3/c1-2-22-16(21)6-5-12-8-14(18)17(15(19)9-12)23-11-13-4-3-7-20-10-13/h3-10H,2,11H2,1H3/b6-5+. The Morgan fingerprint density at radius 1 is 1.43 bits per heavy atom. The topological polar surface area (TPSA) is 48.4 Å². The maximum absolute atomic E-state index is 11.3. The van der Waals surface area contributed by atoms with Crippen LogP contribution in [0.4, 0.5) is 0 Å². The largest absolute Gasteiger partial charge is 0.486 e. The lowest BCUT2D eigenvalue weighted by Gasteiger charge is -2.11. The Kier molecular flexibility index (Phi) is 6.62. The van der Waals surface area contributed by atoms with Crippen LogP contribution in [0, 0.1) is 0 Å². The van der Waals surface area contributed by atoms with Gasteiger partial charge in [0.25, 0.3) is 0 Å². The van der Waals surface area contributed by atoms with Crippen LogP contribution < -0.4 is 4.74 Å². The molecule has 1 aromatic carbocycles. The summed E-state index contributed by atoms with van der Waals surface area (Å²) in [6.45, 7) is 2.46. The quantitative estimate of drug-likeness (QED) is 0.526. The van der Waals surface area contributed by atoms with Gasteiger partial charge in [-0.1, -0.05) is 17.7 Å². The number of rotatable bonds is 6. The number of carbonyl (C=O) groups is 1. The second-order valence-corrected chi connectivity index (χ2v) is 5.81. The maximum Gasteiger partial charge on any atom is 0.330 e. The van der Waals surface area contributed by atoms with E-state index in [1.807, 2.05) is 18.2 Å². The van der Waals surface area contributed by atoms with Gasteiger partial charge in [0, 0.05) is 24.0 Å². The van der Waals surface area contributed by atoms with E-state index < -0.39 is 5.97 Å². The van der Waals surface area contributed by atoms with Crippen molar-refractivity contribution >= 4 is 39.6 Å². The lowest BCUT2D eigenvalue weighted by Crippen LogP contribution is -1.99. The summed E-state index contributed by atoms with van der Waals surface area (Å²) in [5, 5.41) is 0.451. The van der Waals surface area contributed by atoms with Crippen molar-refractivity contribution in [3.8, 4) is 5.75 Å². The predicted molar refractivity (Wildman–Crippen MR) is 93.4 cm³/mol. The van der Waals surface area contributed by atoms with Gasteiger partial charge in [-0.2, -0.15) is 0 Å². The molecule has 0 fully saturated rings. The number of aromatic nitrogens is 1. The Labute approximate surface area is 148 Å². The molecule has 23 heavy (non-hydrogen) atoms. The molecule has 0 radical (unpaired) electrons. The first-order valence-electron chi connectivity index (χ1n) is 6.95. The first-order valence-corrected chi connectivity index (χ1v) is 8.13. The van der Waals surface area contributed by atoms with E-state index in [1.54, 1.807) is 31.5 Å². The SMILES string of the molecule is CCOC(=O)/C=C/c1cc(Cl)c(OCc2cccnc2)c(Br)c1. The van der Waals surface area contributed by atoms with Gasteiger partial charge in [0.15, 0.2) is 5.75 Å². The minimum atomic E-state index is -0.392. The van der Waals surface area contributed by atoms with Crippen LogP contribution in [0.1, 0.15) is 18.1 Å². The number of esters is 1. The molecule has 0 unspecified atom stereocenters. The van der Waals surface area contributed by atoms with Gasteiger partial charge in [-0.3, -0.25) is 4.98 Å². The highest BCUT2D eigenvalue weighted by atomic mass is 79.9. The molecule has 0 aliphatic carbocycles. The fourth-order valence-corrected chi connectivity index (χ4v) is 2.80. The van der Waals surface area contributed by atoms with Gasteiger partial charge in [-0.05, 0) is 52.7 Å². The molecule has 0 aliphatic heterocycles. The van der Waals surface area contributed by atoms with Gasteiger partial charge < -0.3 is 9.47 Å². The summed E-state index contributed by atoms with van der Waals surface area (Å²) < 4.78 is 11.3. The Balaban J connectivity index is 2.09. The van der Waals surface area contributed by atoms with Gasteiger partial charge in [-0.15, -0.1) is 0 Å². The average Bonchev–Trinajstić information content (AvgIpc) is 2.53. The molecule has 0 saturated carbocycles. The van der Waals surface area contributed by atoms with Crippen LogP contribution in [0.5, 0.6) is 5.75 Å². The first-order chi connectivity index (χ1) is 11.1. The van der Waals surface area contributed by atoms with Crippen LogP contribution in [0.2, 0.25) is 5.02 Å². The van der Waals surface area contributed by atoms with Gasteiger partial charge in [0.05, 0.1) is 16.1 Å². The number of hydrogen-bond acceptors (Lipinski definition) is 4. The molecule has 0 atom stereocenters. The molecular formula is C17H15BrClNO3. The van der Waals surface area contributed by atoms with Crippen LogP contribution >= 0.6 is 27.5 Å². The van der Waals surface area contributed by atoms with Crippen LogP contribution in [-0.4, -0.2) is 17.6 Å². The van der Waals surface area contributed by atoms with Crippen molar-refractivity contribution in [2.45, 2.75) is 13.5 Å². The van der Waals surface area contributed by atoms with E-state index in [0.29, 0.717) is 28.5 Å². The molecule has 1 heterocycles. The molecule has 0 spiro atoms. The Hall–Kier alpha value is -1.85. The van der Waals surface area contributed by atoms with Crippen LogP contribution in [0.25, 0.3) is 6.08 Å². The normalized spacial score (nSPS) is 10.7. The number of halogens is 2. The van der Waals surface area contributed by atoms with Gasteiger partial charge in [0.2, 0.25) is 0 Å². The molecule has 0 N–H and O–H groups in total. The monoisotopic (exact) mass is 395 g/mol. The highest BCUT2D eigenvalue weighted by Crippen LogP contribution is 2.35. The van der Waals surface area contributed by atoms with Gasteiger partial charge >= 0.3 is 5.97 Å². The summed E-state index contributed by atoms with van der Waals surface area (Å²) in [4.78, 5) is 15.4. The average molecular weight is 397 g/mol. The molecule has 4 nitrogen and oxygen atoms in total. The third kappa shape index (κ3) is 5.37. The second-order valence-electron chi connectivity index (χ2n) is 4.55. The van der Waals surface area contributed by atoms with Gasteiger partial charge in [-0.25, -0.2) is 4.79 Å². The molecule has 0 amide bonds. The van der Waals surface area contributed by atoms with E-state index in [0.717, 1.165) is 11.1 Å². The van der Waals surface area contributed by atoms with Crippen molar-refractivity contribution in [1.82, 2.24) is 4.98 Å². The van der Waals surface area contributed by atoms with Crippen molar-refractivity contribution in [2.75, 3.05) is 6.61 Å². The second kappa shape index (κ2) is 8.70. The van der Waals surface area contributed by atoms with Gasteiger partial charge in [0.1, 0.15) is 6.61 Å². The number of nitrogens with zero attached hydrogens (tertiary/aromatic N) is 1. The number of pyridine rings is 1. The summed E-state index contributed by atoms with van der Waals surface area (Å²) in [5.74, 6) is 0.153. The van der Waals surface area contributed by atoms with E-state index in [1.165, 1.54) is 6.08 Å². The fourth-order valence-electron chi connectivity index (χ4n) is 1.81. The highest BCUT2D eigenvalue weighted by molar-refractivity contribution is 9.10. The summed E-state index contributed by atoms with van der Waals surface area (Å²) in [5.41, 5.74) is 1.71. The number of hydrogen-bond donors (Lipinski definition) is 0. The molecular weight excluding hydrogens is 382 g/mol. The zero-order valence-corrected chi connectivity index (χ0v) is 14.8. The smallest absolute Gasteiger partial charge is 0.330 e. The molecule has 0 saturated heterocycles. The molecule has 0 bridgehead atoms. The fraction of sp³-hybridized carbons (Fsp3) is 0.176. The molecule has 2 rings (SSSR count). The lowest BCUT2D eigenvalue weighted by molar-refractivity contribution is -0.137. The minimum Gasteiger partial charge on any atom is -0.486 e. The maximum atomic E-state index is 11.3.